The van der Waals surface area contributed by atoms with E-state index in [0.717, 1.165) is 5.56 Å². The summed E-state index contributed by atoms with van der Waals surface area (Å²) in [6, 6.07) is 17.9. The topological polar surface area (TPSA) is 68.5 Å². The molecule has 5 nitrogen and oxygen atoms in total. The fourth-order valence-corrected chi connectivity index (χ4v) is 2.03. The van der Waals surface area contributed by atoms with Crippen molar-refractivity contribution in [2.75, 3.05) is 0 Å². The molecule has 1 N–H and O–H groups in total. The minimum atomic E-state index is -0.695. The normalized spacial score (nSPS) is 10.5. The van der Waals surface area contributed by atoms with Gasteiger partial charge in [0, 0.05) is 5.39 Å². The standard InChI is InChI=1S/C17H13NO4/c19-16(18-21-11-12-6-2-1-3-7-12)14-10-13-8-4-5-9-15(13)22-17(14)20/h1-10H,11H2,(H,18,19). The van der Waals surface area contributed by atoms with Crippen LogP contribution in [0.5, 0.6) is 0 Å². The van der Waals surface area contributed by atoms with E-state index in [1.165, 1.54) is 6.07 Å². The molecule has 22 heavy (non-hydrogen) atoms. The summed E-state index contributed by atoms with van der Waals surface area (Å²) in [6.07, 6.45) is 0. The van der Waals surface area contributed by atoms with Crippen molar-refractivity contribution in [2.45, 2.75) is 6.61 Å². The number of hydroxylamine groups is 1. The number of amides is 1. The number of rotatable bonds is 4. The first-order chi connectivity index (χ1) is 10.7. The van der Waals surface area contributed by atoms with Crippen molar-refractivity contribution in [1.29, 1.82) is 0 Å². The molecule has 0 aliphatic carbocycles. The van der Waals surface area contributed by atoms with Crippen molar-refractivity contribution in [3.05, 3.63) is 82.2 Å². The Kier molecular flexibility index (Phi) is 3.98. The average Bonchev–Trinajstić information content (AvgIpc) is 2.55. The molecule has 5 heteroatoms. The van der Waals surface area contributed by atoms with E-state index in [-0.39, 0.29) is 12.2 Å². The summed E-state index contributed by atoms with van der Waals surface area (Å²) in [6.45, 7) is 0.214. The lowest BCUT2D eigenvalue weighted by molar-refractivity contribution is 0.0231. The van der Waals surface area contributed by atoms with Crippen LogP contribution in [-0.2, 0) is 11.4 Å². The Bertz CT molecular complexity index is 855. The maximum absolute atomic E-state index is 12.0. The molecular weight excluding hydrogens is 282 g/mol. The van der Waals surface area contributed by atoms with E-state index in [4.69, 9.17) is 9.25 Å². The van der Waals surface area contributed by atoms with Gasteiger partial charge in [-0.05, 0) is 17.7 Å². The predicted octanol–water partition coefficient (Wildman–Crippen LogP) is 2.65. The number of carbonyl (C=O) groups is 1. The van der Waals surface area contributed by atoms with Crippen LogP contribution >= 0.6 is 0 Å². The summed E-state index contributed by atoms with van der Waals surface area (Å²) in [4.78, 5) is 29.0. The Balaban J connectivity index is 1.72. The van der Waals surface area contributed by atoms with Gasteiger partial charge in [-0.2, -0.15) is 0 Å². The van der Waals surface area contributed by atoms with Crippen LogP contribution in [-0.4, -0.2) is 5.91 Å². The van der Waals surface area contributed by atoms with Gasteiger partial charge >= 0.3 is 5.63 Å². The number of hydrogen-bond donors (Lipinski definition) is 1. The summed E-state index contributed by atoms with van der Waals surface area (Å²) < 4.78 is 5.11. The van der Waals surface area contributed by atoms with Gasteiger partial charge in [0.1, 0.15) is 11.1 Å². The number of carbonyl (C=O) groups excluding carboxylic acids is 1. The van der Waals surface area contributed by atoms with Crippen molar-refractivity contribution < 1.29 is 14.0 Å². The molecule has 1 amide bonds. The molecule has 0 aliphatic rings. The van der Waals surface area contributed by atoms with Crippen molar-refractivity contribution in [2.24, 2.45) is 0 Å². The molecule has 0 atom stereocenters. The minimum Gasteiger partial charge on any atom is -0.422 e. The first-order valence-corrected chi connectivity index (χ1v) is 6.73. The Hall–Kier alpha value is -2.92. The Morgan fingerprint density at radius 1 is 1.05 bits per heavy atom. The highest BCUT2D eigenvalue weighted by molar-refractivity contribution is 5.95. The van der Waals surface area contributed by atoms with Crippen LogP contribution in [0, 0.1) is 0 Å². The lowest BCUT2D eigenvalue weighted by Crippen LogP contribution is -2.28. The number of hydrogen-bond acceptors (Lipinski definition) is 4. The summed E-state index contributed by atoms with van der Waals surface area (Å²) in [5.74, 6) is -0.629. The van der Waals surface area contributed by atoms with Gasteiger partial charge < -0.3 is 4.42 Å². The van der Waals surface area contributed by atoms with Gasteiger partial charge in [-0.25, -0.2) is 10.3 Å². The molecule has 0 saturated heterocycles. The molecule has 2 aromatic carbocycles. The van der Waals surface area contributed by atoms with Crippen LogP contribution in [0.2, 0.25) is 0 Å². The van der Waals surface area contributed by atoms with E-state index in [9.17, 15) is 9.59 Å². The van der Waals surface area contributed by atoms with Gasteiger partial charge in [-0.1, -0.05) is 48.5 Å². The molecule has 1 aromatic heterocycles. The first-order valence-electron chi connectivity index (χ1n) is 6.73. The highest BCUT2D eigenvalue weighted by Crippen LogP contribution is 2.12. The monoisotopic (exact) mass is 295 g/mol. The van der Waals surface area contributed by atoms with Crippen LogP contribution in [0.25, 0.3) is 11.0 Å². The molecule has 0 fully saturated rings. The molecule has 0 saturated carbocycles. The second kappa shape index (κ2) is 6.24. The van der Waals surface area contributed by atoms with Crippen molar-refractivity contribution in [3.8, 4) is 0 Å². The van der Waals surface area contributed by atoms with E-state index in [1.807, 2.05) is 30.3 Å². The molecule has 0 spiro atoms. The van der Waals surface area contributed by atoms with Crippen molar-refractivity contribution in [1.82, 2.24) is 5.48 Å². The second-order valence-electron chi connectivity index (χ2n) is 4.69. The number of nitrogens with one attached hydrogen (secondary N) is 1. The zero-order chi connectivity index (χ0) is 15.4. The fourth-order valence-electron chi connectivity index (χ4n) is 2.03. The quantitative estimate of drug-likeness (QED) is 0.593. The molecular formula is C17H13NO4. The van der Waals surface area contributed by atoms with E-state index in [1.54, 1.807) is 24.3 Å². The third-order valence-corrected chi connectivity index (χ3v) is 3.13. The maximum atomic E-state index is 12.0. The van der Waals surface area contributed by atoms with Crippen LogP contribution in [0.3, 0.4) is 0 Å². The van der Waals surface area contributed by atoms with Crippen LogP contribution in [0.4, 0.5) is 0 Å². The summed E-state index contributed by atoms with van der Waals surface area (Å²) in [5, 5.41) is 0.676. The van der Waals surface area contributed by atoms with Gasteiger partial charge in [0.05, 0.1) is 6.61 Å². The summed E-state index contributed by atoms with van der Waals surface area (Å²) >= 11 is 0. The first kappa shape index (κ1) is 14.0. The SMILES string of the molecule is O=C(NOCc1ccccc1)c1cc2ccccc2oc1=O. The van der Waals surface area contributed by atoms with Gasteiger partial charge in [-0.15, -0.1) is 0 Å². The average molecular weight is 295 g/mol. The van der Waals surface area contributed by atoms with Crippen LogP contribution in [0.1, 0.15) is 15.9 Å². The zero-order valence-electron chi connectivity index (χ0n) is 11.6. The van der Waals surface area contributed by atoms with Crippen LogP contribution < -0.4 is 11.1 Å². The molecule has 0 aliphatic heterocycles. The van der Waals surface area contributed by atoms with Gasteiger partial charge in [0.25, 0.3) is 5.91 Å². The molecule has 0 unspecified atom stereocenters. The van der Waals surface area contributed by atoms with Gasteiger partial charge in [-0.3, -0.25) is 9.63 Å². The molecule has 1 heterocycles. The van der Waals surface area contributed by atoms with E-state index < -0.39 is 11.5 Å². The minimum absolute atomic E-state index is 0.0910. The molecule has 0 bridgehead atoms. The zero-order valence-corrected chi connectivity index (χ0v) is 11.6. The predicted molar refractivity (Wildman–Crippen MR) is 81.2 cm³/mol. The maximum Gasteiger partial charge on any atom is 0.349 e. The second-order valence-corrected chi connectivity index (χ2v) is 4.69. The lowest BCUT2D eigenvalue weighted by atomic mass is 10.2. The van der Waals surface area contributed by atoms with Crippen molar-refractivity contribution in [3.63, 3.8) is 0 Å². The van der Waals surface area contributed by atoms with Gasteiger partial charge in [0.15, 0.2) is 0 Å². The highest BCUT2D eigenvalue weighted by Gasteiger charge is 2.13. The summed E-state index contributed by atoms with van der Waals surface area (Å²) in [5.41, 5.74) is 2.82. The lowest BCUT2D eigenvalue weighted by Gasteiger charge is -2.06. The highest BCUT2D eigenvalue weighted by atomic mass is 16.6. The Morgan fingerprint density at radius 3 is 2.59 bits per heavy atom. The number of benzene rings is 2. The molecule has 3 rings (SSSR count). The number of para-hydroxylation sites is 1. The molecule has 3 aromatic rings. The third-order valence-electron chi connectivity index (χ3n) is 3.13. The van der Waals surface area contributed by atoms with E-state index >= 15 is 0 Å². The fraction of sp³-hybridized carbons (Fsp3) is 0.0588. The molecule has 110 valence electrons. The molecule has 0 radical (unpaired) electrons. The number of fused-ring (bicyclic) bond motifs is 1. The smallest absolute Gasteiger partial charge is 0.349 e. The Morgan fingerprint density at radius 2 is 1.77 bits per heavy atom. The largest absolute Gasteiger partial charge is 0.422 e. The van der Waals surface area contributed by atoms with Crippen molar-refractivity contribution >= 4 is 16.9 Å². The van der Waals surface area contributed by atoms with Crippen LogP contribution in [0.15, 0.2) is 69.9 Å². The third kappa shape index (κ3) is 3.05. The van der Waals surface area contributed by atoms with E-state index in [0.29, 0.717) is 11.0 Å². The summed E-state index contributed by atoms with van der Waals surface area (Å²) in [7, 11) is 0. The van der Waals surface area contributed by atoms with E-state index in [2.05, 4.69) is 5.48 Å². The van der Waals surface area contributed by atoms with Gasteiger partial charge in [0.2, 0.25) is 0 Å². The Labute approximate surface area is 126 Å².